The van der Waals surface area contributed by atoms with Gasteiger partial charge in [0, 0.05) is 6.92 Å². The summed E-state index contributed by atoms with van der Waals surface area (Å²) in [6.07, 6.45) is -0.284. The molecule has 2 nitrogen and oxygen atoms in total. The second-order valence-corrected chi connectivity index (χ2v) is 2.48. The van der Waals surface area contributed by atoms with E-state index < -0.39 is 25.2 Å². The Morgan fingerprint density at radius 2 is 1.92 bits per heavy atom. The maximum Gasteiger partial charge on any atom is 0.345 e. The van der Waals surface area contributed by atoms with Crippen LogP contribution in [-0.2, 0) is 4.74 Å². The number of halogens is 4. The van der Waals surface area contributed by atoms with Crippen molar-refractivity contribution in [1.82, 2.24) is 0 Å². The SMILES string of the molecule is CC(F)(F)C(N)CCOC(F)F. The van der Waals surface area contributed by atoms with Crippen LogP contribution in [0.15, 0.2) is 0 Å². The van der Waals surface area contributed by atoms with Crippen LogP contribution in [0.4, 0.5) is 17.6 Å². The lowest BCUT2D eigenvalue weighted by molar-refractivity contribution is -0.134. The van der Waals surface area contributed by atoms with E-state index in [1.165, 1.54) is 0 Å². The highest BCUT2D eigenvalue weighted by Crippen LogP contribution is 2.17. The van der Waals surface area contributed by atoms with Gasteiger partial charge in [0.25, 0.3) is 5.92 Å². The molecule has 74 valence electrons. The maximum absolute atomic E-state index is 12.3. The number of hydrogen-bond acceptors (Lipinski definition) is 2. The van der Waals surface area contributed by atoms with Crippen LogP contribution in [0, 0.1) is 0 Å². The summed E-state index contributed by atoms with van der Waals surface area (Å²) in [7, 11) is 0. The van der Waals surface area contributed by atoms with E-state index in [1.54, 1.807) is 0 Å². The molecular weight excluding hydrogens is 178 g/mol. The number of hydrogen-bond donors (Lipinski definition) is 1. The summed E-state index contributed by atoms with van der Waals surface area (Å²) < 4.78 is 51.0. The van der Waals surface area contributed by atoms with Crippen LogP contribution in [0.2, 0.25) is 0 Å². The Hall–Kier alpha value is -0.360. The Morgan fingerprint density at radius 1 is 1.42 bits per heavy atom. The van der Waals surface area contributed by atoms with E-state index in [2.05, 4.69) is 4.74 Å². The Balaban J connectivity index is 3.51. The van der Waals surface area contributed by atoms with Crippen LogP contribution < -0.4 is 5.73 Å². The zero-order chi connectivity index (χ0) is 9.78. The first-order chi connectivity index (χ1) is 5.34. The molecule has 0 aliphatic heterocycles. The first kappa shape index (κ1) is 11.6. The summed E-state index contributed by atoms with van der Waals surface area (Å²) in [5.74, 6) is -3.05. The van der Waals surface area contributed by atoms with Gasteiger partial charge in [0.05, 0.1) is 12.6 Å². The fourth-order valence-electron chi connectivity index (χ4n) is 0.538. The van der Waals surface area contributed by atoms with Crippen molar-refractivity contribution >= 4 is 0 Å². The standard InChI is InChI=1S/C6H11F4NO/c1-6(9,10)4(11)2-3-12-5(7)8/h4-5H,2-3,11H2,1H3. The van der Waals surface area contributed by atoms with Gasteiger partial charge >= 0.3 is 6.61 Å². The Bertz CT molecular complexity index is 125. The normalized spacial score (nSPS) is 15.2. The van der Waals surface area contributed by atoms with Crippen molar-refractivity contribution in [3.63, 3.8) is 0 Å². The Kier molecular flexibility index (Phi) is 4.47. The minimum Gasteiger partial charge on any atom is -0.323 e. The predicted octanol–water partition coefficient (Wildman–Crippen LogP) is 1.60. The highest BCUT2D eigenvalue weighted by atomic mass is 19.3. The molecule has 0 radical (unpaired) electrons. The van der Waals surface area contributed by atoms with Gasteiger partial charge in [0.15, 0.2) is 0 Å². The molecule has 1 unspecified atom stereocenters. The topological polar surface area (TPSA) is 35.2 Å². The van der Waals surface area contributed by atoms with E-state index in [-0.39, 0.29) is 6.42 Å². The Morgan fingerprint density at radius 3 is 2.25 bits per heavy atom. The molecule has 0 saturated carbocycles. The van der Waals surface area contributed by atoms with Gasteiger partial charge in [-0.1, -0.05) is 0 Å². The third-order valence-corrected chi connectivity index (χ3v) is 1.32. The molecule has 0 aromatic rings. The minimum absolute atomic E-state index is 0.284. The van der Waals surface area contributed by atoms with E-state index in [0.29, 0.717) is 6.92 Å². The molecule has 0 bridgehead atoms. The molecule has 0 aliphatic rings. The molecule has 12 heavy (non-hydrogen) atoms. The fourth-order valence-corrected chi connectivity index (χ4v) is 0.538. The summed E-state index contributed by atoms with van der Waals surface area (Å²) in [6.45, 7) is -2.75. The smallest absolute Gasteiger partial charge is 0.323 e. The van der Waals surface area contributed by atoms with E-state index in [0.717, 1.165) is 0 Å². The van der Waals surface area contributed by atoms with E-state index in [9.17, 15) is 17.6 Å². The van der Waals surface area contributed by atoms with Crippen molar-refractivity contribution < 1.29 is 22.3 Å². The molecule has 0 rings (SSSR count). The van der Waals surface area contributed by atoms with E-state index >= 15 is 0 Å². The van der Waals surface area contributed by atoms with Gasteiger partial charge in [-0.2, -0.15) is 8.78 Å². The molecule has 1 atom stereocenters. The molecule has 0 amide bonds. The van der Waals surface area contributed by atoms with Crippen molar-refractivity contribution in [2.45, 2.75) is 31.9 Å². The number of rotatable bonds is 5. The molecule has 0 aromatic carbocycles. The highest BCUT2D eigenvalue weighted by Gasteiger charge is 2.30. The fraction of sp³-hybridized carbons (Fsp3) is 1.00. The third-order valence-electron chi connectivity index (χ3n) is 1.32. The van der Waals surface area contributed by atoms with Crippen molar-refractivity contribution in [3.8, 4) is 0 Å². The van der Waals surface area contributed by atoms with Gasteiger partial charge in [0.2, 0.25) is 0 Å². The molecule has 0 saturated heterocycles. The second kappa shape index (κ2) is 4.61. The van der Waals surface area contributed by atoms with Crippen LogP contribution in [0.1, 0.15) is 13.3 Å². The lowest BCUT2D eigenvalue weighted by Crippen LogP contribution is -2.39. The third kappa shape index (κ3) is 5.31. The lowest BCUT2D eigenvalue weighted by atomic mass is 10.1. The monoisotopic (exact) mass is 189 g/mol. The van der Waals surface area contributed by atoms with Crippen LogP contribution in [0.5, 0.6) is 0 Å². The molecule has 6 heteroatoms. The van der Waals surface area contributed by atoms with Gasteiger partial charge in [-0.3, -0.25) is 0 Å². The zero-order valence-corrected chi connectivity index (χ0v) is 6.57. The summed E-state index contributed by atoms with van der Waals surface area (Å²) in [6, 6.07) is -1.43. The number of nitrogens with two attached hydrogens (primary N) is 1. The first-order valence-electron chi connectivity index (χ1n) is 3.37. The van der Waals surface area contributed by atoms with Crippen molar-refractivity contribution in [2.75, 3.05) is 6.61 Å². The molecular formula is C6H11F4NO. The van der Waals surface area contributed by atoms with Gasteiger partial charge in [-0.25, -0.2) is 8.78 Å². The number of alkyl halides is 4. The molecule has 0 fully saturated rings. The van der Waals surface area contributed by atoms with Crippen LogP contribution in [-0.4, -0.2) is 25.2 Å². The second-order valence-electron chi connectivity index (χ2n) is 2.48. The van der Waals surface area contributed by atoms with Crippen molar-refractivity contribution in [3.05, 3.63) is 0 Å². The van der Waals surface area contributed by atoms with Gasteiger partial charge < -0.3 is 10.5 Å². The largest absolute Gasteiger partial charge is 0.345 e. The highest BCUT2D eigenvalue weighted by molar-refractivity contribution is 4.74. The van der Waals surface area contributed by atoms with Crippen molar-refractivity contribution in [2.24, 2.45) is 5.73 Å². The molecule has 0 spiro atoms. The maximum atomic E-state index is 12.3. The number of ether oxygens (including phenoxy) is 1. The van der Waals surface area contributed by atoms with Crippen molar-refractivity contribution in [1.29, 1.82) is 0 Å². The molecule has 0 heterocycles. The molecule has 0 aromatic heterocycles. The van der Waals surface area contributed by atoms with E-state index in [4.69, 9.17) is 5.73 Å². The minimum atomic E-state index is -3.05. The average Bonchev–Trinajstić information content (AvgIpc) is 1.84. The van der Waals surface area contributed by atoms with Gasteiger partial charge in [0.1, 0.15) is 0 Å². The van der Waals surface area contributed by atoms with Crippen LogP contribution >= 0.6 is 0 Å². The molecule has 0 aliphatic carbocycles. The van der Waals surface area contributed by atoms with Crippen LogP contribution in [0.3, 0.4) is 0 Å². The van der Waals surface area contributed by atoms with Gasteiger partial charge in [-0.15, -0.1) is 0 Å². The Labute approximate surface area is 67.7 Å². The van der Waals surface area contributed by atoms with E-state index in [1.807, 2.05) is 0 Å². The zero-order valence-electron chi connectivity index (χ0n) is 6.57. The van der Waals surface area contributed by atoms with Crippen LogP contribution in [0.25, 0.3) is 0 Å². The summed E-state index contributed by atoms with van der Waals surface area (Å²) >= 11 is 0. The predicted molar refractivity (Wildman–Crippen MR) is 35.2 cm³/mol. The first-order valence-corrected chi connectivity index (χ1v) is 3.37. The quantitative estimate of drug-likeness (QED) is 0.666. The van der Waals surface area contributed by atoms with Gasteiger partial charge in [-0.05, 0) is 6.42 Å². The lowest BCUT2D eigenvalue weighted by Gasteiger charge is -2.18. The summed E-state index contributed by atoms with van der Waals surface area (Å²) in [5.41, 5.74) is 4.96. The molecule has 2 N–H and O–H groups in total. The average molecular weight is 189 g/mol. The summed E-state index contributed by atoms with van der Waals surface area (Å²) in [5, 5.41) is 0. The summed E-state index contributed by atoms with van der Waals surface area (Å²) in [4.78, 5) is 0.